The van der Waals surface area contributed by atoms with Gasteiger partial charge in [0.25, 0.3) is 0 Å². The first kappa shape index (κ1) is 33.8. The number of aliphatic hydroxyl groups is 1. The van der Waals surface area contributed by atoms with Crippen LogP contribution in [0, 0.1) is 23.2 Å². The molecule has 3 fully saturated rings. The lowest BCUT2D eigenvalue weighted by Gasteiger charge is -2.47. The van der Waals surface area contributed by atoms with Gasteiger partial charge in [0.2, 0.25) is 17.7 Å². The van der Waals surface area contributed by atoms with Gasteiger partial charge in [0.15, 0.2) is 0 Å². The summed E-state index contributed by atoms with van der Waals surface area (Å²) in [6.07, 6.45) is 4.81. The van der Waals surface area contributed by atoms with E-state index in [0.717, 1.165) is 12.8 Å². The Morgan fingerprint density at radius 3 is 2.27 bits per heavy atom. The van der Waals surface area contributed by atoms with E-state index in [1.165, 1.54) is 0 Å². The maximum atomic E-state index is 14.9. The van der Waals surface area contributed by atoms with Crippen molar-refractivity contribution in [2.24, 2.45) is 23.2 Å². The molecule has 3 aliphatic rings. The highest BCUT2D eigenvalue weighted by Crippen LogP contribution is 2.61. The summed E-state index contributed by atoms with van der Waals surface area (Å²) in [4.78, 5) is 48.5. The van der Waals surface area contributed by atoms with Gasteiger partial charge in [0.05, 0.1) is 30.6 Å². The molecule has 1 N–H and O–H groups in total. The van der Waals surface area contributed by atoms with Crippen LogP contribution in [-0.4, -0.2) is 97.9 Å². The Labute approximate surface area is 255 Å². The van der Waals surface area contributed by atoms with E-state index >= 15 is 0 Å². The normalized spacial score (nSPS) is 30.0. The lowest BCUT2D eigenvalue weighted by Crippen LogP contribution is -2.63. The summed E-state index contributed by atoms with van der Waals surface area (Å²) in [7, 11) is 0. The number of nitrogens with zero attached hydrogens (tertiary/aromatic N) is 3. The number of halogens is 1. The van der Waals surface area contributed by atoms with Gasteiger partial charge in [-0.25, -0.2) is 0 Å². The van der Waals surface area contributed by atoms with Gasteiger partial charge in [-0.1, -0.05) is 69.6 Å². The van der Waals surface area contributed by atoms with Crippen molar-refractivity contribution >= 4 is 33.7 Å². The van der Waals surface area contributed by atoms with Gasteiger partial charge < -0.3 is 24.5 Å². The van der Waals surface area contributed by atoms with Crippen molar-refractivity contribution in [3.63, 3.8) is 0 Å². The zero-order chi connectivity index (χ0) is 31.1. The number of hydrogen-bond donors (Lipinski definition) is 1. The number of rotatable bonds is 13. The van der Waals surface area contributed by atoms with Crippen LogP contribution in [0.25, 0.3) is 0 Å². The van der Waals surface area contributed by atoms with Gasteiger partial charge in [-0.15, -0.1) is 13.2 Å². The minimum atomic E-state index is -1.18. The molecule has 0 aliphatic carbocycles. The van der Waals surface area contributed by atoms with Gasteiger partial charge in [-0.2, -0.15) is 0 Å². The van der Waals surface area contributed by atoms with E-state index in [2.05, 4.69) is 49.9 Å². The second-order valence-corrected chi connectivity index (χ2v) is 15.4. The number of aliphatic hydroxyl groups excluding tert-OH is 1. The Morgan fingerprint density at radius 1 is 1.17 bits per heavy atom. The Bertz CT molecular complexity index is 1020. The Balaban J connectivity index is 2.19. The van der Waals surface area contributed by atoms with Crippen molar-refractivity contribution in [1.82, 2.24) is 14.7 Å². The predicted molar refractivity (Wildman–Crippen MR) is 165 cm³/mol. The summed E-state index contributed by atoms with van der Waals surface area (Å²) in [6.45, 7) is 25.1. The number of likely N-dealkylation sites (tertiary alicyclic amines) is 1. The lowest BCUT2D eigenvalue weighted by atomic mass is 9.70. The van der Waals surface area contributed by atoms with E-state index in [1.54, 1.807) is 22.0 Å². The molecular weight excluding hydrogens is 586 g/mol. The summed E-state index contributed by atoms with van der Waals surface area (Å²) in [5.41, 5.74) is -1.80. The molecule has 3 saturated heterocycles. The first-order valence-electron chi connectivity index (χ1n) is 15.1. The Kier molecular flexibility index (Phi) is 10.3. The minimum Gasteiger partial charge on any atom is -0.394 e. The van der Waals surface area contributed by atoms with Crippen molar-refractivity contribution in [2.75, 3.05) is 26.2 Å². The van der Waals surface area contributed by atoms with Gasteiger partial charge in [0.1, 0.15) is 11.6 Å². The molecule has 1 spiro atoms. The summed E-state index contributed by atoms with van der Waals surface area (Å²) in [5, 5.41) is 10.5. The fourth-order valence-corrected chi connectivity index (χ4v) is 8.78. The number of amides is 3. The molecule has 2 bridgehead atoms. The van der Waals surface area contributed by atoms with Crippen molar-refractivity contribution in [1.29, 1.82) is 0 Å². The topological polar surface area (TPSA) is 90.4 Å². The molecule has 0 aromatic rings. The van der Waals surface area contributed by atoms with Crippen molar-refractivity contribution in [3.8, 4) is 0 Å². The summed E-state index contributed by atoms with van der Waals surface area (Å²) < 4.78 is 6.75. The molecule has 0 radical (unpaired) electrons. The molecule has 0 aromatic heterocycles. The molecule has 8 nitrogen and oxygen atoms in total. The van der Waals surface area contributed by atoms with Gasteiger partial charge in [-0.05, 0) is 44.4 Å². The van der Waals surface area contributed by atoms with Crippen LogP contribution in [0.15, 0.2) is 25.3 Å². The van der Waals surface area contributed by atoms with Crippen LogP contribution >= 0.6 is 15.9 Å². The summed E-state index contributed by atoms with van der Waals surface area (Å²) >= 11 is 3.77. The maximum absolute atomic E-state index is 14.9. The molecular formula is C32H52BrN3O5. The fourth-order valence-electron chi connectivity index (χ4n) is 7.84. The number of hydrogen-bond acceptors (Lipinski definition) is 5. The highest BCUT2D eigenvalue weighted by atomic mass is 79.9. The van der Waals surface area contributed by atoms with Gasteiger partial charge >= 0.3 is 0 Å². The summed E-state index contributed by atoms with van der Waals surface area (Å²) in [6, 6.07) is -1.57. The quantitative estimate of drug-likeness (QED) is 0.239. The minimum absolute atomic E-state index is 0.0601. The highest BCUT2D eigenvalue weighted by Gasteiger charge is 2.77. The average molecular weight is 639 g/mol. The van der Waals surface area contributed by atoms with Crippen LogP contribution in [0.3, 0.4) is 0 Å². The first-order valence-corrected chi connectivity index (χ1v) is 16.0. The third kappa shape index (κ3) is 6.05. The molecule has 3 unspecified atom stereocenters. The maximum Gasteiger partial charge on any atom is 0.249 e. The lowest BCUT2D eigenvalue weighted by molar-refractivity contribution is -0.156. The van der Waals surface area contributed by atoms with Crippen molar-refractivity contribution < 1.29 is 24.2 Å². The molecule has 3 rings (SSSR count). The van der Waals surface area contributed by atoms with E-state index in [1.807, 2.05) is 39.5 Å². The van der Waals surface area contributed by atoms with E-state index < -0.39 is 41.2 Å². The number of carbonyl (C=O) groups excluding carboxylic acids is 3. The molecule has 232 valence electrons. The number of fused-ring (bicyclic) bond motifs is 1. The standard InChI is InChI=1S/C32H52BrN3O5/c1-11-14-34(15-12-2)27(38)23-24-28(39)36(22(18-37)20(4)5)26(32(24)17-21(33)25(23)41-32)29(40)35(16-13-3)31(9,10)19-30(6,7)8/h11,13,20-26,37H,1,3,12,14-19H2,2,4-10H3/t21?,22-,23+,24-,25+,26?,32?/m0/s1. The third-order valence-electron chi connectivity index (χ3n) is 8.99. The molecule has 0 aromatic carbocycles. The zero-order valence-corrected chi connectivity index (χ0v) is 27.9. The van der Waals surface area contributed by atoms with Gasteiger partial charge in [0, 0.05) is 30.0 Å². The fraction of sp³-hybridized carbons (Fsp3) is 0.781. The monoisotopic (exact) mass is 637 g/mol. The van der Waals surface area contributed by atoms with Crippen LogP contribution in [0.2, 0.25) is 0 Å². The largest absolute Gasteiger partial charge is 0.394 e. The van der Waals surface area contributed by atoms with Crippen molar-refractivity contribution in [2.45, 2.75) is 109 Å². The Morgan fingerprint density at radius 2 is 1.78 bits per heavy atom. The van der Waals surface area contributed by atoms with E-state index in [-0.39, 0.29) is 40.5 Å². The SMILES string of the molecule is C=CCN(CCC)C(=O)[C@H]1[C@@H]2OC3(CC2Br)C(C(=O)N(CC=C)C(C)(C)CC(C)(C)C)N([C@@H](CO)C(C)C)C(=O)[C@H]13. The van der Waals surface area contributed by atoms with Crippen LogP contribution in [0.4, 0.5) is 0 Å². The molecule has 0 saturated carbocycles. The highest BCUT2D eigenvalue weighted by molar-refractivity contribution is 9.09. The molecule has 9 heteroatoms. The first-order chi connectivity index (χ1) is 19.0. The Hall–Kier alpha value is -1.71. The second-order valence-electron chi connectivity index (χ2n) is 14.3. The number of carbonyl (C=O) groups is 3. The predicted octanol–water partition coefficient (Wildman–Crippen LogP) is 4.41. The van der Waals surface area contributed by atoms with E-state index in [4.69, 9.17) is 4.74 Å². The molecule has 3 aliphatic heterocycles. The van der Waals surface area contributed by atoms with Crippen molar-refractivity contribution in [3.05, 3.63) is 25.3 Å². The van der Waals surface area contributed by atoms with Crippen LogP contribution in [0.5, 0.6) is 0 Å². The number of alkyl halides is 1. The molecule has 3 amide bonds. The zero-order valence-electron chi connectivity index (χ0n) is 26.4. The average Bonchev–Trinajstić information content (AvgIpc) is 3.44. The molecule has 3 heterocycles. The van der Waals surface area contributed by atoms with Crippen LogP contribution in [0.1, 0.15) is 74.7 Å². The molecule has 7 atom stereocenters. The summed E-state index contributed by atoms with van der Waals surface area (Å²) in [5.74, 6) is -2.30. The van der Waals surface area contributed by atoms with Crippen LogP contribution < -0.4 is 0 Å². The second kappa shape index (κ2) is 12.5. The molecule has 41 heavy (non-hydrogen) atoms. The van der Waals surface area contributed by atoms with E-state index in [0.29, 0.717) is 26.1 Å². The smallest absolute Gasteiger partial charge is 0.249 e. The van der Waals surface area contributed by atoms with Crippen LogP contribution in [-0.2, 0) is 19.1 Å². The number of ether oxygens (including phenoxy) is 1. The van der Waals surface area contributed by atoms with E-state index in [9.17, 15) is 19.5 Å². The third-order valence-corrected chi connectivity index (χ3v) is 9.83. The van der Waals surface area contributed by atoms with Gasteiger partial charge in [-0.3, -0.25) is 14.4 Å².